The van der Waals surface area contributed by atoms with E-state index in [4.69, 9.17) is 13.9 Å². The lowest BCUT2D eigenvalue weighted by Gasteiger charge is -2.60. The molecule has 1 aromatic carbocycles. The molecule has 0 aliphatic heterocycles. The minimum atomic E-state index is -0.0389. The number of para-hydroxylation sites is 2. The molecule has 4 aliphatic rings. The highest BCUT2D eigenvalue weighted by Crippen LogP contribution is 2.58. The summed E-state index contributed by atoms with van der Waals surface area (Å²) in [6, 6.07) is 11.3. The molecule has 0 atom stereocenters. The molecule has 0 unspecified atom stereocenters. The number of methoxy groups -OCH3 is 1. The van der Waals surface area contributed by atoms with Crippen molar-refractivity contribution in [2.75, 3.05) is 13.7 Å². The fraction of sp³-hybridized carbons (Fsp3) is 0.542. The number of ether oxygens (including phenoxy) is 2. The summed E-state index contributed by atoms with van der Waals surface area (Å²) < 4.78 is 16.9. The van der Waals surface area contributed by atoms with Crippen LogP contribution in [0.15, 0.2) is 47.1 Å². The predicted octanol–water partition coefficient (Wildman–Crippen LogP) is 4.66. The van der Waals surface area contributed by atoms with Crippen LogP contribution in [-0.2, 0) is 11.3 Å². The normalized spacial score (nSPS) is 29.6. The van der Waals surface area contributed by atoms with Gasteiger partial charge >= 0.3 is 0 Å². The summed E-state index contributed by atoms with van der Waals surface area (Å²) in [6.07, 6.45) is 9.10. The van der Waals surface area contributed by atoms with E-state index in [0.717, 1.165) is 42.8 Å². The second kappa shape index (κ2) is 7.43. The van der Waals surface area contributed by atoms with Gasteiger partial charge in [0.05, 0.1) is 19.9 Å². The Morgan fingerprint density at radius 1 is 1.03 bits per heavy atom. The van der Waals surface area contributed by atoms with Crippen LogP contribution in [0.1, 0.15) is 44.3 Å². The first-order chi connectivity index (χ1) is 14.1. The Morgan fingerprint density at radius 3 is 2.28 bits per heavy atom. The molecule has 2 aromatic rings. The van der Waals surface area contributed by atoms with Crippen LogP contribution in [0.4, 0.5) is 0 Å². The van der Waals surface area contributed by atoms with Crippen molar-refractivity contribution < 1.29 is 18.7 Å². The standard InChI is InChI=1S/C24H29NO4/c1-27-21-6-2-3-7-22(21)29-16-23(26)25(15-20-5-4-8-28-20)24-12-17-9-18(13-24)11-19(10-17)14-24/h2-8,17-19H,9-16H2,1H3. The monoisotopic (exact) mass is 395 g/mol. The van der Waals surface area contributed by atoms with E-state index in [9.17, 15) is 4.79 Å². The van der Waals surface area contributed by atoms with Gasteiger partial charge in [0.15, 0.2) is 18.1 Å². The summed E-state index contributed by atoms with van der Waals surface area (Å²) in [7, 11) is 1.61. The number of hydrogen-bond acceptors (Lipinski definition) is 4. The quantitative estimate of drug-likeness (QED) is 0.684. The molecule has 0 radical (unpaired) electrons. The van der Waals surface area contributed by atoms with Gasteiger partial charge in [-0.05, 0) is 80.5 Å². The first kappa shape index (κ1) is 18.6. The van der Waals surface area contributed by atoms with Crippen molar-refractivity contribution in [3.63, 3.8) is 0 Å². The van der Waals surface area contributed by atoms with Gasteiger partial charge in [-0.15, -0.1) is 0 Å². The highest BCUT2D eigenvalue weighted by Gasteiger charge is 2.54. The number of amides is 1. The zero-order valence-corrected chi connectivity index (χ0v) is 17.0. The number of carbonyl (C=O) groups excluding carboxylic acids is 1. The molecular formula is C24H29NO4. The Kier molecular flexibility index (Phi) is 4.76. The average Bonchev–Trinajstić information content (AvgIpc) is 3.23. The van der Waals surface area contributed by atoms with E-state index >= 15 is 0 Å². The van der Waals surface area contributed by atoms with Gasteiger partial charge in [0, 0.05) is 5.54 Å². The molecule has 1 heterocycles. The van der Waals surface area contributed by atoms with E-state index in [1.807, 2.05) is 36.4 Å². The molecule has 0 N–H and O–H groups in total. The number of rotatable bonds is 7. The average molecular weight is 395 g/mol. The maximum atomic E-state index is 13.5. The first-order valence-corrected chi connectivity index (χ1v) is 10.7. The lowest BCUT2D eigenvalue weighted by atomic mass is 9.52. The summed E-state index contributed by atoms with van der Waals surface area (Å²) in [5.74, 6) is 4.43. The summed E-state index contributed by atoms with van der Waals surface area (Å²) in [5, 5.41) is 0. The van der Waals surface area contributed by atoms with Crippen molar-refractivity contribution in [3.8, 4) is 11.5 Å². The fourth-order valence-corrected chi connectivity index (χ4v) is 6.43. The second-order valence-electron chi connectivity index (χ2n) is 9.14. The van der Waals surface area contributed by atoms with Crippen molar-refractivity contribution in [1.82, 2.24) is 4.90 Å². The van der Waals surface area contributed by atoms with E-state index < -0.39 is 0 Å². The fourth-order valence-electron chi connectivity index (χ4n) is 6.43. The van der Waals surface area contributed by atoms with Crippen molar-refractivity contribution in [2.24, 2.45) is 17.8 Å². The third-order valence-corrected chi connectivity index (χ3v) is 7.19. The van der Waals surface area contributed by atoms with Crippen molar-refractivity contribution in [1.29, 1.82) is 0 Å². The van der Waals surface area contributed by atoms with E-state index in [2.05, 4.69) is 4.90 Å². The Bertz CT molecular complexity index is 824. The highest BCUT2D eigenvalue weighted by molar-refractivity contribution is 5.79. The molecule has 1 aromatic heterocycles. The third kappa shape index (κ3) is 3.52. The molecule has 0 spiro atoms. The summed E-state index contributed by atoms with van der Waals surface area (Å²) in [5.41, 5.74) is -0.0389. The number of benzene rings is 1. The largest absolute Gasteiger partial charge is 0.493 e. The molecule has 0 saturated heterocycles. The molecule has 154 valence electrons. The van der Waals surface area contributed by atoms with Gasteiger partial charge < -0.3 is 18.8 Å². The maximum absolute atomic E-state index is 13.5. The first-order valence-electron chi connectivity index (χ1n) is 10.7. The van der Waals surface area contributed by atoms with Crippen LogP contribution in [-0.4, -0.2) is 30.1 Å². The molecule has 5 nitrogen and oxygen atoms in total. The molecule has 4 fully saturated rings. The zero-order chi connectivity index (χ0) is 19.8. The van der Waals surface area contributed by atoms with Gasteiger partial charge in [-0.3, -0.25) is 4.79 Å². The topological polar surface area (TPSA) is 51.9 Å². The summed E-state index contributed by atoms with van der Waals surface area (Å²) >= 11 is 0. The van der Waals surface area contributed by atoms with Crippen LogP contribution in [0.3, 0.4) is 0 Å². The van der Waals surface area contributed by atoms with E-state index in [1.165, 1.54) is 19.3 Å². The smallest absolute Gasteiger partial charge is 0.261 e. The highest BCUT2D eigenvalue weighted by atomic mass is 16.5. The van der Waals surface area contributed by atoms with E-state index in [1.54, 1.807) is 13.4 Å². The Morgan fingerprint density at radius 2 is 1.69 bits per heavy atom. The van der Waals surface area contributed by atoms with Gasteiger partial charge in [0.1, 0.15) is 5.76 Å². The van der Waals surface area contributed by atoms with Crippen LogP contribution in [0.5, 0.6) is 11.5 Å². The molecular weight excluding hydrogens is 366 g/mol. The third-order valence-electron chi connectivity index (χ3n) is 7.19. The molecule has 4 aliphatic carbocycles. The molecule has 4 saturated carbocycles. The Balaban J connectivity index is 1.38. The minimum absolute atomic E-state index is 0.0167. The van der Waals surface area contributed by atoms with Crippen molar-refractivity contribution in [3.05, 3.63) is 48.4 Å². The van der Waals surface area contributed by atoms with Crippen LogP contribution in [0, 0.1) is 17.8 Å². The Labute approximate surface area is 172 Å². The lowest BCUT2D eigenvalue weighted by Crippen LogP contribution is -2.61. The van der Waals surface area contributed by atoms with Crippen molar-refractivity contribution in [2.45, 2.75) is 50.6 Å². The van der Waals surface area contributed by atoms with Gasteiger partial charge in [-0.2, -0.15) is 0 Å². The Hall–Kier alpha value is -2.43. The molecule has 4 bridgehead atoms. The van der Waals surface area contributed by atoms with Crippen LogP contribution in [0.2, 0.25) is 0 Å². The lowest BCUT2D eigenvalue weighted by molar-refractivity contribution is -0.155. The van der Waals surface area contributed by atoms with Gasteiger partial charge in [-0.1, -0.05) is 12.1 Å². The number of nitrogens with zero attached hydrogens (tertiary/aromatic N) is 1. The zero-order valence-electron chi connectivity index (χ0n) is 17.0. The summed E-state index contributed by atoms with van der Waals surface area (Å²) in [6.45, 7) is 0.538. The van der Waals surface area contributed by atoms with Crippen LogP contribution < -0.4 is 9.47 Å². The number of furan rings is 1. The van der Waals surface area contributed by atoms with Gasteiger partial charge in [0.25, 0.3) is 5.91 Å². The number of hydrogen-bond donors (Lipinski definition) is 0. The van der Waals surface area contributed by atoms with Crippen LogP contribution in [0.25, 0.3) is 0 Å². The second-order valence-corrected chi connectivity index (χ2v) is 9.14. The minimum Gasteiger partial charge on any atom is -0.493 e. The SMILES string of the molecule is COc1ccccc1OCC(=O)N(Cc1ccco1)C12CC3CC(CC(C3)C1)C2. The number of carbonyl (C=O) groups is 1. The van der Waals surface area contributed by atoms with E-state index in [0.29, 0.717) is 18.0 Å². The molecule has 29 heavy (non-hydrogen) atoms. The molecule has 5 heteroatoms. The van der Waals surface area contributed by atoms with E-state index in [-0.39, 0.29) is 18.1 Å². The molecule has 1 amide bonds. The predicted molar refractivity (Wildman–Crippen MR) is 109 cm³/mol. The van der Waals surface area contributed by atoms with Gasteiger partial charge in [0.2, 0.25) is 0 Å². The molecule has 6 rings (SSSR count). The van der Waals surface area contributed by atoms with Crippen LogP contribution >= 0.6 is 0 Å². The van der Waals surface area contributed by atoms with Gasteiger partial charge in [-0.25, -0.2) is 0 Å². The summed E-state index contributed by atoms with van der Waals surface area (Å²) in [4.78, 5) is 15.6. The maximum Gasteiger partial charge on any atom is 0.261 e. The van der Waals surface area contributed by atoms with Crippen molar-refractivity contribution >= 4 is 5.91 Å².